The van der Waals surface area contributed by atoms with Crippen LogP contribution in [0.2, 0.25) is 0 Å². The Balaban J connectivity index is 2.04. The zero-order valence-corrected chi connectivity index (χ0v) is 12.1. The van der Waals surface area contributed by atoms with Crippen molar-refractivity contribution in [2.45, 2.75) is 64.5 Å². The van der Waals surface area contributed by atoms with E-state index in [4.69, 9.17) is 5.73 Å². The van der Waals surface area contributed by atoms with Crippen molar-refractivity contribution in [3.05, 3.63) is 0 Å². The number of likely N-dealkylation sites (tertiary alicyclic amines) is 1. The lowest BCUT2D eigenvalue weighted by molar-refractivity contribution is -0.0471. The second-order valence-electron chi connectivity index (χ2n) is 6.96. The number of hydrogen-bond donors (Lipinski definition) is 2. The van der Waals surface area contributed by atoms with Gasteiger partial charge in [0.25, 0.3) is 0 Å². The summed E-state index contributed by atoms with van der Waals surface area (Å²) in [6.07, 6.45) is 7.43. The molecule has 0 aromatic heterocycles. The van der Waals surface area contributed by atoms with Gasteiger partial charge in [0, 0.05) is 24.5 Å². The van der Waals surface area contributed by atoms with Crippen molar-refractivity contribution in [1.29, 1.82) is 0 Å². The van der Waals surface area contributed by atoms with E-state index in [2.05, 4.69) is 18.7 Å². The van der Waals surface area contributed by atoms with E-state index in [0.29, 0.717) is 12.0 Å². The van der Waals surface area contributed by atoms with Crippen LogP contribution in [0.3, 0.4) is 0 Å². The van der Waals surface area contributed by atoms with E-state index in [9.17, 15) is 5.11 Å². The molecule has 1 saturated heterocycles. The predicted molar refractivity (Wildman–Crippen MR) is 75.4 cm³/mol. The molecule has 1 saturated carbocycles. The van der Waals surface area contributed by atoms with Crippen molar-refractivity contribution in [3.8, 4) is 0 Å². The highest BCUT2D eigenvalue weighted by Crippen LogP contribution is 2.34. The van der Waals surface area contributed by atoms with E-state index in [0.717, 1.165) is 26.1 Å². The van der Waals surface area contributed by atoms with E-state index >= 15 is 0 Å². The maximum absolute atomic E-state index is 10.1. The summed E-state index contributed by atoms with van der Waals surface area (Å²) in [5, 5.41) is 10.1. The second kappa shape index (κ2) is 5.89. The molecule has 3 N–H and O–H groups in total. The van der Waals surface area contributed by atoms with Gasteiger partial charge >= 0.3 is 0 Å². The Morgan fingerprint density at radius 2 is 1.89 bits per heavy atom. The van der Waals surface area contributed by atoms with Gasteiger partial charge in [0.2, 0.25) is 0 Å². The number of piperidine rings is 1. The predicted octanol–water partition coefficient (Wildman–Crippen LogP) is 1.99. The van der Waals surface area contributed by atoms with Crippen molar-refractivity contribution >= 4 is 0 Å². The van der Waals surface area contributed by atoms with E-state index in [1.54, 1.807) is 0 Å². The molecule has 3 unspecified atom stereocenters. The van der Waals surface area contributed by atoms with Crippen molar-refractivity contribution in [2.24, 2.45) is 17.1 Å². The molecule has 0 aromatic rings. The number of aliphatic hydroxyl groups is 1. The van der Waals surface area contributed by atoms with Gasteiger partial charge < -0.3 is 10.8 Å². The summed E-state index contributed by atoms with van der Waals surface area (Å²) in [7, 11) is 0. The fraction of sp³-hybridized carbons (Fsp3) is 1.00. The largest absolute Gasteiger partial charge is 0.392 e. The minimum absolute atomic E-state index is 0.0315. The summed E-state index contributed by atoms with van der Waals surface area (Å²) in [6.45, 7) is 7.28. The number of nitrogens with zero attached hydrogens (tertiary/aromatic N) is 1. The number of nitrogens with two attached hydrogens (primary N) is 1. The van der Waals surface area contributed by atoms with Crippen LogP contribution in [0.1, 0.15) is 52.4 Å². The van der Waals surface area contributed by atoms with Crippen LogP contribution >= 0.6 is 0 Å². The highest BCUT2D eigenvalue weighted by atomic mass is 16.3. The first-order chi connectivity index (χ1) is 8.54. The number of aliphatic hydroxyl groups excluding tert-OH is 1. The highest BCUT2D eigenvalue weighted by Gasteiger charge is 2.38. The standard InChI is InChI=1S/C15H30N2O/c1-15(2)11-17(9-8-14(15)18)13-7-5-3-4-6-12(13)10-16/h12-14,18H,3-11,16H2,1-2H3. The number of rotatable bonds is 2. The Labute approximate surface area is 112 Å². The van der Waals surface area contributed by atoms with Gasteiger partial charge in [-0.2, -0.15) is 0 Å². The van der Waals surface area contributed by atoms with Crippen LogP contribution in [0.15, 0.2) is 0 Å². The minimum Gasteiger partial charge on any atom is -0.392 e. The maximum Gasteiger partial charge on any atom is 0.0615 e. The second-order valence-corrected chi connectivity index (χ2v) is 6.96. The third-order valence-corrected chi connectivity index (χ3v) is 5.09. The summed E-state index contributed by atoms with van der Waals surface area (Å²) in [4.78, 5) is 2.62. The normalized spacial score (nSPS) is 38.3. The van der Waals surface area contributed by atoms with Crippen LogP contribution in [0.4, 0.5) is 0 Å². The van der Waals surface area contributed by atoms with Crippen LogP contribution in [-0.4, -0.2) is 41.8 Å². The van der Waals surface area contributed by atoms with Gasteiger partial charge in [0.15, 0.2) is 0 Å². The molecule has 2 rings (SSSR count). The fourth-order valence-corrected chi connectivity index (χ4v) is 3.79. The highest BCUT2D eigenvalue weighted by molar-refractivity contribution is 4.92. The van der Waals surface area contributed by atoms with Crippen LogP contribution in [-0.2, 0) is 0 Å². The van der Waals surface area contributed by atoms with Gasteiger partial charge in [-0.15, -0.1) is 0 Å². The molecule has 0 bridgehead atoms. The lowest BCUT2D eigenvalue weighted by Gasteiger charge is -2.46. The smallest absolute Gasteiger partial charge is 0.0615 e. The molecule has 2 fully saturated rings. The Hall–Kier alpha value is -0.120. The quantitative estimate of drug-likeness (QED) is 0.741. The molecule has 18 heavy (non-hydrogen) atoms. The van der Waals surface area contributed by atoms with Crippen LogP contribution < -0.4 is 5.73 Å². The lowest BCUT2D eigenvalue weighted by atomic mass is 9.79. The van der Waals surface area contributed by atoms with E-state index in [1.165, 1.54) is 32.1 Å². The van der Waals surface area contributed by atoms with E-state index in [-0.39, 0.29) is 11.5 Å². The molecule has 1 aliphatic carbocycles. The molecule has 3 atom stereocenters. The van der Waals surface area contributed by atoms with Gasteiger partial charge in [-0.1, -0.05) is 33.1 Å². The molecule has 1 aliphatic heterocycles. The van der Waals surface area contributed by atoms with E-state index in [1.807, 2.05) is 0 Å². The average Bonchev–Trinajstić information content (AvgIpc) is 2.57. The maximum atomic E-state index is 10.1. The molecular weight excluding hydrogens is 224 g/mol. The fourth-order valence-electron chi connectivity index (χ4n) is 3.79. The molecule has 0 spiro atoms. The van der Waals surface area contributed by atoms with Crippen molar-refractivity contribution < 1.29 is 5.11 Å². The molecule has 3 heteroatoms. The topological polar surface area (TPSA) is 49.5 Å². The molecular formula is C15H30N2O. The van der Waals surface area contributed by atoms with Crippen molar-refractivity contribution in [2.75, 3.05) is 19.6 Å². The van der Waals surface area contributed by atoms with Crippen LogP contribution in [0, 0.1) is 11.3 Å². The molecule has 3 nitrogen and oxygen atoms in total. The van der Waals surface area contributed by atoms with Gasteiger partial charge in [0.05, 0.1) is 6.10 Å². The zero-order valence-electron chi connectivity index (χ0n) is 12.1. The third-order valence-electron chi connectivity index (χ3n) is 5.09. The van der Waals surface area contributed by atoms with Gasteiger partial charge in [-0.3, -0.25) is 4.90 Å². The van der Waals surface area contributed by atoms with Crippen LogP contribution in [0.5, 0.6) is 0 Å². The third kappa shape index (κ3) is 3.06. The average molecular weight is 254 g/mol. The van der Waals surface area contributed by atoms with Crippen LogP contribution in [0.25, 0.3) is 0 Å². The number of hydrogen-bond acceptors (Lipinski definition) is 3. The Kier molecular flexibility index (Phi) is 4.68. The zero-order chi connectivity index (χ0) is 13.2. The molecule has 2 aliphatic rings. The minimum atomic E-state index is -0.143. The Morgan fingerprint density at radius 1 is 1.17 bits per heavy atom. The van der Waals surface area contributed by atoms with Crippen molar-refractivity contribution in [1.82, 2.24) is 4.90 Å². The lowest BCUT2D eigenvalue weighted by Crippen LogP contribution is -2.54. The molecule has 1 heterocycles. The summed E-state index contributed by atoms with van der Waals surface area (Å²) in [6, 6.07) is 0.657. The monoisotopic (exact) mass is 254 g/mol. The molecule has 0 radical (unpaired) electrons. The van der Waals surface area contributed by atoms with Gasteiger partial charge in [-0.05, 0) is 31.7 Å². The SMILES string of the molecule is CC1(C)CN(C2CCCCCC2CN)CCC1O. The first kappa shape index (κ1) is 14.3. The Morgan fingerprint density at radius 3 is 2.56 bits per heavy atom. The van der Waals surface area contributed by atoms with Gasteiger partial charge in [0.1, 0.15) is 0 Å². The molecule has 0 aromatic carbocycles. The summed E-state index contributed by atoms with van der Waals surface area (Å²) in [5.74, 6) is 0.665. The molecule has 0 amide bonds. The van der Waals surface area contributed by atoms with Gasteiger partial charge in [-0.25, -0.2) is 0 Å². The summed E-state index contributed by atoms with van der Waals surface area (Å²) in [5.41, 5.74) is 6.02. The summed E-state index contributed by atoms with van der Waals surface area (Å²) < 4.78 is 0. The Bertz CT molecular complexity index is 267. The van der Waals surface area contributed by atoms with E-state index < -0.39 is 0 Å². The van der Waals surface area contributed by atoms with Crippen molar-refractivity contribution in [3.63, 3.8) is 0 Å². The first-order valence-electron chi connectivity index (χ1n) is 7.67. The molecule has 106 valence electrons. The summed E-state index contributed by atoms with van der Waals surface area (Å²) >= 11 is 0. The first-order valence-corrected chi connectivity index (χ1v) is 7.67.